The Hall–Kier alpha value is -4.08. The maximum absolute atomic E-state index is 12.3. The number of nitrogens with one attached hydrogen (secondary N) is 1. The number of carbonyl (C=O) groups excluding carboxylic acids is 1. The Kier molecular flexibility index (Phi) is 5.20. The van der Waals surface area contributed by atoms with Gasteiger partial charge in [0.25, 0.3) is 5.69 Å². The van der Waals surface area contributed by atoms with E-state index < -0.39 is 16.8 Å². The van der Waals surface area contributed by atoms with Crippen LogP contribution in [0.15, 0.2) is 36.4 Å². The number of benzene rings is 2. The summed E-state index contributed by atoms with van der Waals surface area (Å²) in [7, 11) is 4.51. The highest BCUT2D eigenvalue weighted by molar-refractivity contribution is 5.81. The van der Waals surface area contributed by atoms with Gasteiger partial charge in [0.2, 0.25) is 11.6 Å². The first kappa shape index (κ1) is 20.2. The number of hydrogen-bond donors (Lipinski definition) is 1. The number of esters is 1. The zero-order valence-electron chi connectivity index (χ0n) is 17.0. The van der Waals surface area contributed by atoms with Gasteiger partial charge in [0.05, 0.1) is 43.9 Å². The third-order valence-corrected chi connectivity index (χ3v) is 5.15. The molecule has 10 heteroatoms. The molecular formula is C21H19N3O7. The first-order valence-electron chi connectivity index (χ1n) is 9.31. The Morgan fingerprint density at radius 3 is 2.58 bits per heavy atom. The molecule has 160 valence electrons. The number of non-ortho nitro benzene ring substituents is 1. The Labute approximate surface area is 176 Å². The molecule has 3 aromatic rings. The van der Waals surface area contributed by atoms with Gasteiger partial charge in [-0.3, -0.25) is 20.0 Å². The van der Waals surface area contributed by atoms with Crippen LogP contribution in [0.4, 0.5) is 5.69 Å². The average Bonchev–Trinajstić information content (AvgIpc) is 3.21. The van der Waals surface area contributed by atoms with Crippen molar-refractivity contribution in [2.45, 2.75) is 12.3 Å². The van der Waals surface area contributed by atoms with Crippen LogP contribution in [-0.4, -0.2) is 42.4 Å². The van der Waals surface area contributed by atoms with Crippen LogP contribution in [0.2, 0.25) is 0 Å². The summed E-state index contributed by atoms with van der Waals surface area (Å²) in [5.41, 5.74) is 2.28. The number of carbonyl (C=O) groups is 1. The minimum Gasteiger partial charge on any atom is -0.493 e. The number of nitro groups is 1. The van der Waals surface area contributed by atoms with E-state index >= 15 is 0 Å². The van der Waals surface area contributed by atoms with E-state index in [1.807, 2.05) is 0 Å². The number of ether oxygens (including phenoxy) is 4. The SMILES string of the molecule is COc1ccc([C@@H]2CC(=O)Oc3n[nH]c(-c4cccc([N+](=O)[O-])c4)c32)c(OC)c1OC. The number of methoxy groups -OCH3 is 3. The fraction of sp³-hybridized carbons (Fsp3) is 0.238. The lowest BCUT2D eigenvalue weighted by molar-refractivity contribution is -0.384. The molecule has 10 nitrogen and oxygen atoms in total. The molecule has 0 spiro atoms. The number of hydrogen-bond acceptors (Lipinski definition) is 8. The van der Waals surface area contributed by atoms with E-state index in [-0.39, 0.29) is 18.0 Å². The molecule has 1 aliphatic rings. The molecule has 2 aromatic carbocycles. The van der Waals surface area contributed by atoms with Crippen molar-refractivity contribution in [2.75, 3.05) is 21.3 Å². The quantitative estimate of drug-likeness (QED) is 0.362. The van der Waals surface area contributed by atoms with Crippen LogP contribution in [0, 0.1) is 10.1 Å². The Morgan fingerprint density at radius 2 is 1.90 bits per heavy atom. The van der Waals surface area contributed by atoms with E-state index in [1.165, 1.54) is 33.5 Å². The van der Waals surface area contributed by atoms with Crippen molar-refractivity contribution in [1.82, 2.24) is 10.2 Å². The molecule has 1 N–H and O–H groups in total. The molecule has 4 rings (SSSR count). The molecule has 0 radical (unpaired) electrons. The fourth-order valence-corrected chi connectivity index (χ4v) is 3.81. The monoisotopic (exact) mass is 425 g/mol. The van der Waals surface area contributed by atoms with Gasteiger partial charge in [-0.15, -0.1) is 5.10 Å². The number of nitro benzene ring substituents is 1. The van der Waals surface area contributed by atoms with Crippen LogP contribution in [0.1, 0.15) is 23.5 Å². The number of aromatic amines is 1. The summed E-state index contributed by atoms with van der Waals surface area (Å²) >= 11 is 0. The van der Waals surface area contributed by atoms with Gasteiger partial charge < -0.3 is 18.9 Å². The number of H-pyrrole nitrogens is 1. The molecule has 0 saturated carbocycles. The molecule has 0 aliphatic carbocycles. The number of rotatable bonds is 6. The van der Waals surface area contributed by atoms with Crippen molar-refractivity contribution in [1.29, 1.82) is 0 Å². The summed E-state index contributed by atoms with van der Waals surface area (Å²) in [4.78, 5) is 23.1. The van der Waals surface area contributed by atoms with E-state index in [1.54, 1.807) is 24.3 Å². The fourth-order valence-electron chi connectivity index (χ4n) is 3.81. The van der Waals surface area contributed by atoms with Crippen molar-refractivity contribution in [3.05, 3.63) is 57.6 Å². The summed E-state index contributed by atoms with van der Waals surface area (Å²) in [6.45, 7) is 0. The second-order valence-electron chi connectivity index (χ2n) is 6.78. The van der Waals surface area contributed by atoms with Gasteiger partial charge in [0.1, 0.15) is 0 Å². The van der Waals surface area contributed by atoms with Gasteiger partial charge in [-0.1, -0.05) is 18.2 Å². The lowest BCUT2D eigenvalue weighted by Gasteiger charge is -2.25. The molecule has 2 heterocycles. The lowest BCUT2D eigenvalue weighted by Crippen LogP contribution is -2.21. The summed E-state index contributed by atoms with van der Waals surface area (Å²) in [6.07, 6.45) is 0.0281. The average molecular weight is 425 g/mol. The van der Waals surface area contributed by atoms with E-state index in [0.29, 0.717) is 39.6 Å². The van der Waals surface area contributed by atoms with Gasteiger partial charge in [-0.05, 0) is 6.07 Å². The largest absolute Gasteiger partial charge is 0.493 e. The van der Waals surface area contributed by atoms with Gasteiger partial charge in [-0.2, -0.15) is 0 Å². The molecule has 0 bridgehead atoms. The highest BCUT2D eigenvalue weighted by Crippen LogP contribution is 2.49. The lowest BCUT2D eigenvalue weighted by atomic mass is 9.85. The van der Waals surface area contributed by atoms with Crippen LogP contribution in [0.25, 0.3) is 11.3 Å². The highest BCUT2D eigenvalue weighted by Gasteiger charge is 2.36. The Morgan fingerprint density at radius 1 is 1.13 bits per heavy atom. The molecule has 0 saturated heterocycles. The van der Waals surface area contributed by atoms with Gasteiger partial charge in [0.15, 0.2) is 11.5 Å². The molecule has 0 unspecified atom stereocenters. The smallest absolute Gasteiger partial charge is 0.313 e. The standard InChI is InChI=1S/C21H19N3O7/c1-28-15-8-7-13(19(29-2)20(15)30-3)14-10-16(25)31-21-17(14)18(22-23-21)11-5-4-6-12(9-11)24(26)27/h4-9,14H,10H2,1-3H3,(H,22,23)/t14-/m0/s1. The Bertz CT molecular complexity index is 1170. The molecule has 31 heavy (non-hydrogen) atoms. The summed E-state index contributed by atoms with van der Waals surface area (Å²) in [5, 5.41) is 18.2. The second-order valence-corrected chi connectivity index (χ2v) is 6.78. The van der Waals surface area contributed by atoms with Crippen LogP contribution >= 0.6 is 0 Å². The van der Waals surface area contributed by atoms with Crippen LogP contribution < -0.4 is 18.9 Å². The van der Waals surface area contributed by atoms with Crippen molar-refractivity contribution in [3.63, 3.8) is 0 Å². The second kappa shape index (κ2) is 7.98. The minimum atomic E-state index is -0.487. The zero-order chi connectivity index (χ0) is 22.1. The third-order valence-electron chi connectivity index (χ3n) is 5.15. The molecule has 1 atom stereocenters. The van der Waals surface area contributed by atoms with Gasteiger partial charge in [-0.25, -0.2) is 0 Å². The zero-order valence-corrected chi connectivity index (χ0v) is 17.0. The van der Waals surface area contributed by atoms with Crippen molar-refractivity contribution in [2.24, 2.45) is 0 Å². The number of nitrogens with zero attached hydrogens (tertiary/aromatic N) is 2. The highest BCUT2D eigenvalue weighted by atomic mass is 16.6. The van der Waals surface area contributed by atoms with E-state index in [9.17, 15) is 14.9 Å². The van der Waals surface area contributed by atoms with E-state index in [0.717, 1.165) is 0 Å². The topological polar surface area (TPSA) is 126 Å². The maximum Gasteiger partial charge on any atom is 0.313 e. The van der Waals surface area contributed by atoms with E-state index in [2.05, 4.69) is 10.2 Å². The first-order valence-corrected chi connectivity index (χ1v) is 9.31. The number of fused-ring (bicyclic) bond motifs is 1. The summed E-state index contributed by atoms with van der Waals surface area (Å²) in [6, 6.07) is 9.66. The normalized spacial score (nSPS) is 15.1. The van der Waals surface area contributed by atoms with Gasteiger partial charge in [0, 0.05) is 29.2 Å². The first-order chi connectivity index (χ1) is 15.0. The van der Waals surface area contributed by atoms with Crippen molar-refractivity contribution in [3.8, 4) is 34.4 Å². The van der Waals surface area contributed by atoms with Crippen LogP contribution in [0.5, 0.6) is 23.1 Å². The predicted octanol–water partition coefficient (Wildman–Crippen LogP) is 3.45. The Balaban J connectivity index is 1.91. The van der Waals surface area contributed by atoms with Crippen molar-refractivity contribution >= 4 is 11.7 Å². The van der Waals surface area contributed by atoms with Crippen molar-refractivity contribution < 1.29 is 28.7 Å². The third kappa shape index (κ3) is 3.41. The molecule has 0 fully saturated rings. The van der Waals surface area contributed by atoms with Gasteiger partial charge >= 0.3 is 5.97 Å². The molecular weight excluding hydrogens is 406 g/mol. The summed E-state index contributed by atoms with van der Waals surface area (Å²) < 4.78 is 21.8. The number of aromatic nitrogens is 2. The molecule has 1 aliphatic heterocycles. The minimum absolute atomic E-state index is 0.0281. The van der Waals surface area contributed by atoms with E-state index in [4.69, 9.17) is 18.9 Å². The molecule has 0 amide bonds. The van der Waals surface area contributed by atoms with Crippen LogP contribution in [-0.2, 0) is 4.79 Å². The summed E-state index contributed by atoms with van der Waals surface area (Å²) in [5.74, 6) is 0.472. The maximum atomic E-state index is 12.3. The predicted molar refractivity (Wildman–Crippen MR) is 109 cm³/mol. The van der Waals surface area contributed by atoms with Crippen LogP contribution in [0.3, 0.4) is 0 Å². The molecule has 1 aromatic heterocycles.